The Bertz CT molecular complexity index is 505. The van der Waals surface area contributed by atoms with Crippen molar-refractivity contribution in [2.75, 3.05) is 11.9 Å². The number of halogens is 1. The van der Waals surface area contributed by atoms with Crippen molar-refractivity contribution in [1.29, 1.82) is 0 Å². The second-order valence-electron chi connectivity index (χ2n) is 9.51. The van der Waals surface area contributed by atoms with E-state index in [0.717, 1.165) is 6.54 Å². The quantitative estimate of drug-likeness (QED) is 0.0782. The summed E-state index contributed by atoms with van der Waals surface area (Å²) in [6, 6.07) is 0. The maximum atomic E-state index is 9.82. The molecule has 0 atom stereocenters. The van der Waals surface area contributed by atoms with Gasteiger partial charge in [0.25, 0.3) is 0 Å². The molecule has 0 aliphatic rings. The van der Waals surface area contributed by atoms with Crippen molar-refractivity contribution < 1.29 is 9.53 Å². The molecule has 0 N–H and O–H groups in total. The van der Waals surface area contributed by atoms with Gasteiger partial charge in [-0.05, 0) is 25.0 Å². The predicted molar refractivity (Wildman–Crippen MR) is 158 cm³/mol. The van der Waals surface area contributed by atoms with E-state index in [9.17, 15) is 4.79 Å². The molecule has 0 aliphatic carbocycles. The molecular weight excluding hydrogens is 516 g/mol. The van der Waals surface area contributed by atoms with E-state index in [0.29, 0.717) is 6.61 Å². The maximum absolute atomic E-state index is 9.82. The van der Waals surface area contributed by atoms with Gasteiger partial charge in [0.2, 0.25) is 0 Å². The Morgan fingerprint density at radius 1 is 0.694 bits per heavy atom. The van der Waals surface area contributed by atoms with Gasteiger partial charge in [0.05, 0.1) is 13.2 Å². The number of esters is 1. The first-order valence-corrected chi connectivity index (χ1v) is 16.1. The fraction of sp³-hybridized carbons (Fsp3) is 0.931. The van der Waals surface area contributed by atoms with Crippen molar-refractivity contribution in [1.82, 2.24) is 20.2 Å². The number of alkyl halides is 1. The molecule has 1 rings (SSSR count). The lowest BCUT2D eigenvalue weighted by atomic mass is 10.1. The van der Waals surface area contributed by atoms with Crippen molar-refractivity contribution >= 4 is 21.9 Å². The minimum atomic E-state index is -0.211. The molecule has 6 nitrogen and oxygen atoms in total. The SMILES string of the molecule is CCCCCCCCCCCCBr.CCCCCCCCCCCCn1ncnn1.CCOC(C)=O. The highest BCUT2D eigenvalue weighted by atomic mass is 79.9. The van der Waals surface area contributed by atoms with E-state index >= 15 is 0 Å². The standard InChI is InChI=1S/C13H26N4.C12H25Br.C4H8O2/c1-2-3-4-5-6-7-8-9-10-11-12-17-15-13-14-16-17;1-2-3-4-5-6-7-8-9-10-11-12-13;1-3-6-4(2)5/h13H,2-12H2,1H3;2-12H2,1H3;3H2,1-2H3. The second-order valence-corrected chi connectivity index (χ2v) is 10.3. The molecule has 0 unspecified atom stereocenters. The zero-order valence-corrected chi connectivity index (χ0v) is 25.9. The molecule has 214 valence electrons. The first-order valence-electron chi connectivity index (χ1n) is 15.0. The first-order chi connectivity index (χ1) is 17.6. The summed E-state index contributed by atoms with van der Waals surface area (Å²) in [5.74, 6) is -0.211. The van der Waals surface area contributed by atoms with E-state index in [-0.39, 0.29) is 5.97 Å². The highest BCUT2D eigenvalue weighted by molar-refractivity contribution is 9.09. The largest absolute Gasteiger partial charge is 0.466 e. The van der Waals surface area contributed by atoms with Gasteiger partial charge in [-0.3, -0.25) is 4.79 Å². The number of hydrogen-bond acceptors (Lipinski definition) is 5. The van der Waals surface area contributed by atoms with Crippen molar-refractivity contribution in [3.8, 4) is 0 Å². The fourth-order valence-corrected chi connectivity index (χ4v) is 4.21. The number of aryl methyl sites for hydroxylation is 1. The molecule has 0 aliphatic heterocycles. The summed E-state index contributed by atoms with van der Waals surface area (Å²) in [6.07, 6.45) is 29.5. The van der Waals surface area contributed by atoms with Crippen LogP contribution in [-0.2, 0) is 16.1 Å². The van der Waals surface area contributed by atoms with E-state index < -0.39 is 0 Å². The molecule has 0 saturated carbocycles. The number of tetrazole rings is 1. The van der Waals surface area contributed by atoms with Crippen LogP contribution >= 0.6 is 15.9 Å². The number of carbonyl (C=O) groups is 1. The van der Waals surface area contributed by atoms with Gasteiger partial charge >= 0.3 is 5.97 Å². The molecule has 0 spiro atoms. The average Bonchev–Trinajstić information content (AvgIpc) is 3.39. The number of aromatic nitrogens is 4. The number of unbranched alkanes of at least 4 members (excludes halogenated alkanes) is 18. The molecule has 0 radical (unpaired) electrons. The molecule has 0 bridgehead atoms. The zero-order valence-electron chi connectivity index (χ0n) is 24.3. The lowest BCUT2D eigenvalue weighted by Gasteiger charge is -2.01. The molecule has 0 saturated heterocycles. The topological polar surface area (TPSA) is 69.9 Å². The number of rotatable bonds is 22. The zero-order chi connectivity index (χ0) is 27.0. The molecule has 1 heterocycles. The Kier molecular flexibility index (Phi) is 35.1. The predicted octanol–water partition coefficient (Wildman–Crippen LogP) is 9.47. The van der Waals surface area contributed by atoms with Gasteiger partial charge < -0.3 is 4.74 Å². The van der Waals surface area contributed by atoms with Crippen LogP contribution in [0, 0.1) is 0 Å². The molecular formula is C29H59BrN4O2. The van der Waals surface area contributed by atoms with Gasteiger partial charge in [0.15, 0.2) is 6.33 Å². The van der Waals surface area contributed by atoms with Crippen LogP contribution in [0.15, 0.2) is 6.33 Å². The van der Waals surface area contributed by atoms with Gasteiger partial charge in [-0.15, -0.1) is 10.2 Å². The Morgan fingerprint density at radius 2 is 1.11 bits per heavy atom. The average molecular weight is 576 g/mol. The van der Waals surface area contributed by atoms with Crippen LogP contribution in [0.2, 0.25) is 0 Å². The Hall–Kier alpha value is -0.980. The van der Waals surface area contributed by atoms with Gasteiger partial charge in [-0.2, -0.15) is 4.80 Å². The van der Waals surface area contributed by atoms with E-state index in [1.807, 2.05) is 0 Å². The lowest BCUT2D eigenvalue weighted by Crippen LogP contribution is -2.02. The monoisotopic (exact) mass is 574 g/mol. The van der Waals surface area contributed by atoms with Gasteiger partial charge in [-0.1, -0.05) is 145 Å². The third-order valence-electron chi connectivity index (χ3n) is 5.94. The van der Waals surface area contributed by atoms with E-state index in [2.05, 4.69) is 49.9 Å². The smallest absolute Gasteiger partial charge is 0.302 e. The van der Waals surface area contributed by atoms with Crippen LogP contribution in [0.4, 0.5) is 0 Å². The summed E-state index contributed by atoms with van der Waals surface area (Å²) < 4.78 is 4.40. The minimum Gasteiger partial charge on any atom is -0.466 e. The Morgan fingerprint density at radius 3 is 1.42 bits per heavy atom. The molecule has 1 aromatic heterocycles. The minimum absolute atomic E-state index is 0.211. The lowest BCUT2D eigenvalue weighted by molar-refractivity contribution is -0.140. The van der Waals surface area contributed by atoms with Crippen LogP contribution in [0.5, 0.6) is 0 Å². The van der Waals surface area contributed by atoms with Crippen molar-refractivity contribution in [3.05, 3.63) is 6.33 Å². The highest BCUT2D eigenvalue weighted by Gasteiger charge is 1.95. The van der Waals surface area contributed by atoms with Gasteiger partial charge in [0, 0.05) is 12.3 Å². The number of carbonyl (C=O) groups excluding carboxylic acids is 1. The summed E-state index contributed by atoms with van der Waals surface area (Å²) in [5, 5.41) is 12.7. The fourth-order valence-electron chi connectivity index (χ4n) is 3.82. The molecule has 1 aromatic rings. The Balaban J connectivity index is 0. The normalized spacial score (nSPS) is 10.2. The highest BCUT2D eigenvalue weighted by Crippen LogP contribution is 2.11. The number of hydrogen-bond donors (Lipinski definition) is 0. The van der Waals surface area contributed by atoms with Crippen LogP contribution in [-0.4, -0.2) is 38.1 Å². The van der Waals surface area contributed by atoms with Gasteiger partial charge in [-0.25, -0.2) is 0 Å². The second kappa shape index (κ2) is 34.0. The third kappa shape index (κ3) is 35.2. The summed E-state index contributed by atoms with van der Waals surface area (Å²) in [6.45, 7) is 9.11. The number of ether oxygens (including phenoxy) is 1. The third-order valence-corrected chi connectivity index (χ3v) is 6.50. The summed E-state index contributed by atoms with van der Waals surface area (Å²) in [4.78, 5) is 11.5. The van der Waals surface area contributed by atoms with E-state index in [4.69, 9.17) is 0 Å². The van der Waals surface area contributed by atoms with E-state index in [1.54, 1.807) is 11.7 Å². The molecule has 0 fully saturated rings. The molecule has 7 heteroatoms. The van der Waals surface area contributed by atoms with Crippen LogP contribution in [0.25, 0.3) is 0 Å². The van der Waals surface area contributed by atoms with E-state index in [1.165, 1.54) is 147 Å². The summed E-state index contributed by atoms with van der Waals surface area (Å²) >= 11 is 3.46. The number of nitrogens with zero attached hydrogens (tertiary/aromatic N) is 4. The summed E-state index contributed by atoms with van der Waals surface area (Å²) in [5.41, 5.74) is 0. The molecule has 0 aromatic carbocycles. The summed E-state index contributed by atoms with van der Waals surface area (Å²) in [7, 11) is 0. The van der Waals surface area contributed by atoms with Crippen molar-refractivity contribution in [2.45, 2.75) is 163 Å². The maximum Gasteiger partial charge on any atom is 0.302 e. The molecule has 0 amide bonds. The van der Waals surface area contributed by atoms with Crippen molar-refractivity contribution in [3.63, 3.8) is 0 Å². The van der Waals surface area contributed by atoms with Crippen LogP contribution in [0.1, 0.15) is 156 Å². The van der Waals surface area contributed by atoms with Crippen LogP contribution < -0.4 is 0 Å². The first kappa shape index (κ1) is 37.2. The van der Waals surface area contributed by atoms with Crippen LogP contribution in [0.3, 0.4) is 0 Å². The van der Waals surface area contributed by atoms with Gasteiger partial charge in [0.1, 0.15) is 0 Å². The Labute approximate surface area is 232 Å². The van der Waals surface area contributed by atoms with Crippen molar-refractivity contribution in [2.24, 2.45) is 0 Å². The molecule has 36 heavy (non-hydrogen) atoms.